The quantitative estimate of drug-likeness (QED) is 0.793. The number of ether oxygens (including phenoxy) is 2. The van der Waals surface area contributed by atoms with E-state index in [1.165, 1.54) is 0 Å². The van der Waals surface area contributed by atoms with Gasteiger partial charge >= 0.3 is 0 Å². The number of benzene rings is 1. The number of para-hydroxylation sites is 1. The van der Waals surface area contributed by atoms with Crippen LogP contribution in [-0.2, 0) is 0 Å². The minimum Gasteiger partial charge on any atom is -0.486 e. The standard InChI is InChI=1S/C14H19NO2/c1-3-8-15-12(4-2)11-6-5-7-13-14(11)17-10-9-16-13/h4-7,12,15H,2-3,8-10H2,1H3. The van der Waals surface area contributed by atoms with Crippen LogP contribution >= 0.6 is 0 Å². The minimum atomic E-state index is 0.117. The number of rotatable bonds is 5. The van der Waals surface area contributed by atoms with E-state index in [4.69, 9.17) is 9.47 Å². The molecule has 0 saturated heterocycles. The highest BCUT2D eigenvalue weighted by atomic mass is 16.6. The summed E-state index contributed by atoms with van der Waals surface area (Å²) in [6, 6.07) is 6.11. The molecule has 0 fully saturated rings. The highest BCUT2D eigenvalue weighted by Crippen LogP contribution is 2.37. The Morgan fingerprint density at radius 2 is 2.24 bits per heavy atom. The SMILES string of the molecule is C=CC(NCCC)c1cccc2c1OCCO2. The van der Waals surface area contributed by atoms with Gasteiger partial charge in [0.05, 0.1) is 6.04 Å². The molecule has 1 aromatic rings. The molecule has 1 aliphatic rings. The molecule has 1 unspecified atom stereocenters. The summed E-state index contributed by atoms with van der Waals surface area (Å²) in [7, 11) is 0. The maximum atomic E-state index is 5.70. The number of hydrogen-bond acceptors (Lipinski definition) is 3. The van der Waals surface area contributed by atoms with Crippen molar-refractivity contribution in [1.29, 1.82) is 0 Å². The van der Waals surface area contributed by atoms with E-state index in [-0.39, 0.29) is 6.04 Å². The Hall–Kier alpha value is -1.48. The van der Waals surface area contributed by atoms with Crippen LogP contribution in [0.5, 0.6) is 11.5 Å². The maximum Gasteiger partial charge on any atom is 0.166 e. The molecule has 1 heterocycles. The molecule has 0 aliphatic carbocycles. The van der Waals surface area contributed by atoms with Gasteiger partial charge in [-0.05, 0) is 19.0 Å². The lowest BCUT2D eigenvalue weighted by atomic mass is 10.0. The molecule has 17 heavy (non-hydrogen) atoms. The van der Waals surface area contributed by atoms with E-state index < -0.39 is 0 Å². The normalized spacial score (nSPS) is 15.4. The van der Waals surface area contributed by atoms with Crippen molar-refractivity contribution in [1.82, 2.24) is 5.32 Å². The molecule has 0 saturated carbocycles. The van der Waals surface area contributed by atoms with Gasteiger partial charge in [0, 0.05) is 5.56 Å². The summed E-state index contributed by atoms with van der Waals surface area (Å²) in [5.74, 6) is 1.69. The lowest BCUT2D eigenvalue weighted by Crippen LogP contribution is -2.23. The van der Waals surface area contributed by atoms with E-state index in [1.54, 1.807) is 0 Å². The van der Waals surface area contributed by atoms with Crippen LogP contribution in [0, 0.1) is 0 Å². The fourth-order valence-electron chi connectivity index (χ4n) is 1.96. The first-order valence-electron chi connectivity index (χ1n) is 6.11. The maximum absolute atomic E-state index is 5.70. The Labute approximate surface area is 102 Å². The Bertz CT molecular complexity index is 390. The zero-order chi connectivity index (χ0) is 12.1. The van der Waals surface area contributed by atoms with Crippen molar-refractivity contribution in [3.05, 3.63) is 36.4 Å². The first-order chi connectivity index (χ1) is 8.36. The third-order valence-corrected chi connectivity index (χ3v) is 2.78. The van der Waals surface area contributed by atoms with Gasteiger partial charge in [0.25, 0.3) is 0 Å². The van der Waals surface area contributed by atoms with Crippen molar-refractivity contribution in [2.75, 3.05) is 19.8 Å². The van der Waals surface area contributed by atoms with Gasteiger partial charge < -0.3 is 14.8 Å². The molecule has 1 N–H and O–H groups in total. The van der Waals surface area contributed by atoms with Gasteiger partial charge in [0.15, 0.2) is 11.5 Å². The zero-order valence-corrected chi connectivity index (χ0v) is 10.2. The molecule has 0 bridgehead atoms. The van der Waals surface area contributed by atoms with E-state index in [9.17, 15) is 0 Å². The highest BCUT2D eigenvalue weighted by Gasteiger charge is 2.19. The van der Waals surface area contributed by atoms with E-state index in [1.807, 2.05) is 18.2 Å². The number of nitrogens with one attached hydrogen (secondary N) is 1. The first kappa shape index (κ1) is 12.0. The molecule has 92 valence electrons. The lowest BCUT2D eigenvalue weighted by molar-refractivity contribution is 0.169. The summed E-state index contributed by atoms with van der Waals surface area (Å²) in [6.45, 7) is 8.22. The second-order valence-corrected chi connectivity index (χ2v) is 4.04. The van der Waals surface area contributed by atoms with Gasteiger partial charge in [0.2, 0.25) is 0 Å². The van der Waals surface area contributed by atoms with Crippen molar-refractivity contribution in [3.63, 3.8) is 0 Å². The molecular weight excluding hydrogens is 214 g/mol. The summed E-state index contributed by atoms with van der Waals surface area (Å²) < 4.78 is 11.3. The van der Waals surface area contributed by atoms with Gasteiger partial charge in [-0.25, -0.2) is 0 Å². The predicted octanol–water partition coefficient (Wildman–Crippen LogP) is 2.68. The van der Waals surface area contributed by atoms with Crippen molar-refractivity contribution < 1.29 is 9.47 Å². The third kappa shape index (κ3) is 2.61. The van der Waals surface area contributed by atoms with Gasteiger partial charge in [-0.1, -0.05) is 25.1 Å². The molecule has 1 aliphatic heterocycles. The first-order valence-corrected chi connectivity index (χ1v) is 6.11. The molecule has 1 atom stereocenters. The monoisotopic (exact) mass is 233 g/mol. The van der Waals surface area contributed by atoms with E-state index >= 15 is 0 Å². The summed E-state index contributed by atoms with van der Waals surface area (Å²) in [4.78, 5) is 0. The second-order valence-electron chi connectivity index (χ2n) is 4.04. The van der Waals surface area contributed by atoms with Crippen LogP contribution in [0.15, 0.2) is 30.9 Å². The summed E-state index contributed by atoms with van der Waals surface area (Å²) >= 11 is 0. The van der Waals surface area contributed by atoms with Gasteiger partial charge in [-0.3, -0.25) is 0 Å². The highest BCUT2D eigenvalue weighted by molar-refractivity contribution is 5.49. The van der Waals surface area contributed by atoms with Gasteiger partial charge in [-0.2, -0.15) is 0 Å². The molecule has 1 aromatic carbocycles. The van der Waals surface area contributed by atoms with Crippen molar-refractivity contribution >= 4 is 0 Å². The van der Waals surface area contributed by atoms with Gasteiger partial charge in [0.1, 0.15) is 13.2 Å². The van der Waals surface area contributed by atoms with Crippen LogP contribution in [0.25, 0.3) is 0 Å². The Balaban J connectivity index is 2.26. The summed E-state index contributed by atoms with van der Waals surface area (Å²) in [6.07, 6.45) is 3.00. The van der Waals surface area contributed by atoms with Crippen LogP contribution in [0.1, 0.15) is 24.9 Å². The number of fused-ring (bicyclic) bond motifs is 1. The van der Waals surface area contributed by atoms with Crippen LogP contribution in [0.2, 0.25) is 0 Å². The molecule has 0 radical (unpaired) electrons. The average Bonchev–Trinajstić information content (AvgIpc) is 2.40. The van der Waals surface area contributed by atoms with Crippen molar-refractivity contribution in [2.24, 2.45) is 0 Å². The molecule has 3 heteroatoms. The van der Waals surface area contributed by atoms with Crippen LogP contribution in [-0.4, -0.2) is 19.8 Å². The Morgan fingerprint density at radius 1 is 1.41 bits per heavy atom. The molecule has 3 nitrogen and oxygen atoms in total. The van der Waals surface area contributed by atoms with Crippen LogP contribution < -0.4 is 14.8 Å². The molecule has 0 spiro atoms. The Morgan fingerprint density at radius 3 is 3.00 bits per heavy atom. The average molecular weight is 233 g/mol. The predicted molar refractivity (Wildman–Crippen MR) is 68.7 cm³/mol. The Kier molecular flexibility index (Phi) is 4.04. The smallest absolute Gasteiger partial charge is 0.166 e. The molecule has 2 rings (SSSR count). The topological polar surface area (TPSA) is 30.5 Å². The van der Waals surface area contributed by atoms with E-state index in [2.05, 4.69) is 24.9 Å². The van der Waals surface area contributed by atoms with Gasteiger partial charge in [-0.15, -0.1) is 6.58 Å². The van der Waals surface area contributed by atoms with Crippen molar-refractivity contribution in [3.8, 4) is 11.5 Å². The largest absolute Gasteiger partial charge is 0.486 e. The van der Waals surface area contributed by atoms with Crippen molar-refractivity contribution in [2.45, 2.75) is 19.4 Å². The lowest BCUT2D eigenvalue weighted by Gasteiger charge is -2.24. The van der Waals surface area contributed by atoms with Crippen LogP contribution in [0.4, 0.5) is 0 Å². The summed E-state index contributed by atoms with van der Waals surface area (Å²) in [5.41, 5.74) is 1.10. The minimum absolute atomic E-state index is 0.117. The fourth-order valence-corrected chi connectivity index (χ4v) is 1.96. The number of hydrogen-bond donors (Lipinski definition) is 1. The molecule has 0 amide bonds. The van der Waals surface area contributed by atoms with Crippen LogP contribution in [0.3, 0.4) is 0 Å². The van der Waals surface area contributed by atoms with E-state index in [0.29, 0.717) is 13.2 Å². The third-order valence-electron chi connectivity index (χ3n) is 2.78. The second kappa shape index (κ2) is 5.73. The van der Waals surface area contributed by atoms with E-state index in [0.717, 1.165) is 30.0 Å². The molecule has 0 aromatic heterocycles. The fraction of sp³-hybridized carbons (Fsp3) is 0.429. The molecular formula is C14H19NO2. The summed E-state index contributed by atoms with van der Waals surface area (Å²) in [5, 5.41) is 3.43. The zero-order valence-electron chi connectivity index (χ0n) is 10.2.